The van der Waals surface area contributed by atoms with Gasteiger partial charge in [-0.05, 0) is 37.1 Å². The first-order valence-corrected chi connectivity index (χ1v) is 6.15. The number of rotatable bonds is 3. The molecule has 1 aromatic carbocycles. The van der Waals surface area contributed by atoms with Crippen LogP contribution in [0.2, 0.25) is 0 Å². The number of methoxy groups -OCH3 is 1. The Bertz CT molecular complexity index is 365. The van der Waals surface area contributed by atoms with E-state index in [9.17, 15) is 0 Å². The van der Waals surface area contributed by atoms with Crippen molar-refractivity contribution >= 4 is 15.9 Å². The molecule has 1 aliphatic rings. The molecule has 2 nitrogen and oxygen atoms in total. The maximum absolute atomic E-state index is 5.39. The van der Waals surface area contributed by atoms with Crippen molar-refractivity contribution in [1.82, 2.24) is 5.32 Å². The normalized spacial score (nSPS) is 19.0. The molecule has 0 radical (unpaired) electrons. The number of benzene rings is 1. The van der Waals surface area contributed by atoms with Gasteiger partial charge in [-0.15, -0.1) is 0 Å². The molecule has 1 aliphatic carbocycles. The molecule has 0 aromatic heterocycles. The van der Waals surface area contributed by atoms with Crippen molar-refractivity contribution in [3.63, 3.8) is 0 Å². The average molecular weight is 270 g/mol. The Morgan fingerprint density at radius 2 is 2.33 bits per heavy atom. The van der Waals surface area contributed by atoms with E-state index in [1.54, 1.807) is 7.11 Å². The molecule has 1 N–H and O–H groups in total. The minimum absolute atomic E-state index is 0.481. The van der Waals surface area contributed by atoms with Crippen LogP contribution >= 0.6 is 15.9 Å². The maximum atomic E-state index is 5.39. The fraction of sp³-hybridized carbons (Fsp3) is 0.500. The number of fused-ring (bicyclic) bond motifs is 1. The molecule has 0 amide bonds. The molecule has 82 valence electrons. The molecular formula is C12H16BrNO. The summed E-state index contributed by atoms with van der Waals surface area (Å²) >= 11 is 3.63. The second kappa shape index (κ2) is 4.54. The first-order valence-electron chi connectivity index (χ1n) is 5.36. The second-order valence-corrected chi connectivity index (χ2v) is 4.65. The maximum Gasteiger partial charge on any atom is 0.122 e. The van der Waals surface area contributed by atoms with Crippen molar-refractivity contribution in [2.24, 2.45) is 0 Å². The molecule has 1 unspecified atom stereocenters. The lowest BCUT2D eigenvalue weighted by molar-refractivity contribution is 0.410. The van der Waals surface area contributed by atoms with Crippen LogP contribution in [0.1, 0.15) is 30.5 Å². The fourth-order valence-electron chi connectivity index (χ4n) is 2.33. The summed E-state index contributed by atoms with van der Waals surface area (Å²) in [7, 11) is 1.74. The number of nitrogens with one attached hydrogen (secondary N) is 1. The molecular weight excluding hydrogens is 254 g/mol. The Morgan fingerprint density at radius 3 is 3.00 bits per heavy atom. The van der Waals surface area contributed by atoms with Gasteiger partial charge in [-0.1, -0.05) is 22.9 Å². The van der Waals surface area contributed by atoms with Gasteiger partial charge in [-0.3, -0.25) is 0 Å². The van der Waals surface area contributed by atoms with E-state index < -0.39 is 0 Å². The molecule has 0 spiro atoms. The topological polar surface area (TPSA) is 21.3 Å². The average Bonchev–Trinajstić information content (AvgIpc) is 2.64. The molecule has 1 atom stereocenters. The van der Waals surface area contributed by atoms with Crippen molar-refractivity contribution in [2.45, 2.75) is 25.8 Å². The van der Waals surface area contributed by atoms with Crippen molar-refractivity contribution < 1.29 is 4.74 Å². The molecule has 0 saturated heterocycles. The van der Waals surface area contributed by atoms with Crippen LogP contribution < -0.4 is 10.1 Å². The quantitative estimate of drug-likeness (QED) is 0.911. The van der Waals surface area contributed by atoms with E-state index in [1.165, 1.54) is 22.0 Å². The zero-order chi connectivity index (χ0) is 10.8. The van der Waals surface area contributed by atoms with Crippen LogP contribution in [-0.2, 0) is 6.42 Å². The minimum atomic E-state index is 0.481. The molecule has 0 heterocycles. The number of hydrogen-bond donors (Lipinski definition) is 1. The molecule has 0 fully saturated rings. The molecule has 0 aliphatic heterocycles. The van der Waals surface area contributed by atoms with Gasteiger partial charge in [0.2, 0.25) is 0 Å². The van der Waals surface area contributed by atoms with E-state index in [-0.39, 0.29) is 0 Å². The summed E-state index contributed by atoms with van der Waals surface area (Å²) in [6, 6.07) is 4.60. The van der Waals surface area contributed by atoms with E-state index in [1.807, 2.05) is 6.07 Å². The predicted octanol–water partition coefficient (Wildman–Crippen LogP) is 3.05. The Morgan fingerprint density at radius 1 is 1.53 bits per heavy atom. The van der Waals surface area contributed by atoms with Gasteiger partial charge < -0.3 is 10.1 Å². The third-order valence-electron chi connectivity index (χ3n) is 2.96. The second-order valence-electron chi connectivity index (χ2n) is 3.79. The number of ether oxygens (including phenoxy) is 1. The molecule has 0 bridgehead atoms. The number of hydrogen-bond acceptors (Lipinski definition) is 2. The zero-order valence-corrected chi connectivity index (χ0v) is 10.7. The first-order chi connectivity index (χ1) is 7.27. The summed E-state index contributed by atoms with van der Waals surface area (Å²) in [5.74, 6) is 1.02. The van der Waals surface area contributed by atoms with Gasteiger partial charge in [0.05, 0.1) is 7.11 Å². The van der Waals surface area contributed by atoms with Crippen molar-refractivity contribution in [2.75, 3.05) is 13.7 Å². The molecule has 0 saturated carbocycles. The van der Waals surface area contributed by atoms with Crippen LogP contribution in [0.5, 0.6) is 5.75 Å². The first kappa shape index (κ1) is 11.0. The minimum Gasteiger partial charge on any atom is -0.496 e. The van der Waals surface area contributed by atoms with E-state index in [2.05, 4.69) is 34.2 Å². The molecule has 2 rings (SSSR count). The summed E-state index contributed by atoms with van der Waals surface area (Å²) in [6.07, 6.45) is 2.28. The third kappa shape index (κ3) is 1.91. The lowest BCUT2D eigenvalue weighted by Gasteiger charge is -2.15. The van der Waals surface area contributed by atoms with Crippen LogP contribution in [0.4, 0.5) is 0 Å². The lowest BCUT2D eigenvalue weighted by atomic mass is 10.1. The third-order valence-corrected chi connectivity index (χ3v) is 3.65. The van der Waals surface area contributed by atoms with Crippen LogP contribution in [0.15, 0.2) is 16.6 Å². The smallest absolute Gasteiger partial charge is 0.122 e. The van der Waals surface area contributed by atoms with Gasteiger partial charge in [0.1, 0.15) is 5.75 Å². The number of halogens is 1. The highest BCUT2D eigenvalue weighted by Gasteiger charge is 2.26. The van der Waals surface area contributed by atoms with E-state index in [0.717, 1.165) is 18.7 Å². The summed E-state index contributed by atoms with van der Waals surface area (Å²) in [5.41, 5.74) is 2.74. The Labute approximate surface area is 99.1 Å². The van der Waals surface area contributed by atoms with Gasteiger partial charge in [-0.2, -0.15) is 0 Å². The molecule has 15 heavy (non-hydrogen) atoms. The van der Waals surface area contributed by atoms with E-state index in [4.69, 9.17) is 4.74 Å². The van der Waals surface area contributed by atoms with Crippen molar-refractivity contribution in [1.29, 1.82) is 0 Å². The van der Waals surface area contributed by atoms with Crippen molar-refractivity contribution in [3.05, 3.63) is 27.7 Å². The zero-order valence-electron chi connectivity index (χ0n) is 9.14. The Balaban J connectivity index is 2.42. The monoisotopic (exact) mass is 269 g/mol. The Hall–Kier alpha value is -0.540. The van der Waals surface area contributed by atoms with Crippen molar-refractivity contribution in [3.8, 4) is 5.75 Å². The van der Waals surface area contributed by atoms with E-state index in [0.29, 0.717) is 6.04 Å². The van der Waals surface area contributed by atoms with E-state index >= 15 is 0 Å². The van der Waals surface area contributed by atoms with Crippen LogP contribution in [0.25, 0.3) is 0 Å². The Kier molecular flexibility index (Phi) is 3.32. The highest BCUT2D eigenvalue weighted by atomic mass is 79.9. The van der Waals surface area contributed by atoms with Crippen LogP contribution in [0.3, 0.4) is 0 Å². The summed E-state index contributed by atoms with van der Waals surface area (Å²) in [4.78, 5) is 0. The predicted molar refractivity (Wildman–Crippen MR) is 65.4 cm³/mol. The van der Waals surface area contributed by atoms with Gasteiger partial charge >= 0.3 is 0 Å². The van der Waals surface area contributed by atoms with Gasteiger partial charge in [0, 0.05) is 16.1 Å². The molecule has 3 heteroatoms. The fourth-order valence-corrected chi connectivity index (χ4v) is 2.97. The highest BCUT2D eigenvalue weighted by Crippen LogP contribution is 2.41. The van der Waals surface area contributed by atoms with Gasteiger partial charge in [0.25, 0.3) is 0 Å². The summed E-state index contributed by atoms with van der Waals surface area (Å²) in [6.45, 7) is 3.15. The largest absolute Gasteiger partial charge is 0.496 e. The standard InChI is InChI=1S/C12H16BrNO/c1-3-14-10-6-4-8-11(15-2)7-5-9(13)12(8)10/h5,7,10,14H,3-4,6H2,1-2H3. The van der Waals surface area contributed by atoms with Crippen LogP contribution in [-0.4, -0.2) is 13.7 Å². The summed E-state index contributed by atoms with van der Waals surface area (Å²) < 4.78 is 6.59. The summed E-state index contributed by atoms with van der Waals surface area (Å²) in [5, 5.41) is 3.51. The highest BCUT2D eigenvalue weighted by molar-refractivity contribution is 9.10. The van der Waals surface area contributed by atoms with Gasteiger partial charge in [0.15, 0.2) is 0 Å². The van der Waals surface area contributed by atoms with Crippen LogP contribution in [0, 0.1) is 0 Å². The lowest BCUT2D eigenvalue weighted by Crippen LogP contribution is -2.18. The molecule has 1 aromatic rings. The van der Waals surface area contributed by atoms with Gasteiger partial charge in [-0.25, -0.2) is 0 Å². The SMILES string of the molecule is CCNC1CCc2c(OC)ccc(Br)c21.